The Labute approximate surface area is 199 Å². The molecule has 0 saturated heterocycles. The van der Waals surface area contributed by atoms with Gasteiger partial charge in [-0.1, -0.05) is 18.2 Å². The van der Waals surface area contributed by atoms with Crippen LogP contribution in [0.3, 0.4) is 0 Å². The largest absolute Gasteiger partial charge is 0.404 e. The number of carbonyl (C=O) groups is 1. The first-order valence-electron chi connectivity index (χ1n) is 10.7. The normalized spacial score (nSPS) is 13.2. The molecule has 7 nitrogen and oxygen atoms in total. The molecule has 0 unspecified atom stereocenters. The maximum absolute atomic E-state index is 11.8. The molecule has 34 heavy (non-hydrogen) atoms. The van der Waals surface area contributed by atoms with Crippen LogP contribution in [-0.4, -0.2) is 30.9 Å². The zero-order valence-electron chi connectivity index (χ0n) is 18.7. The molecule has 0 aliphatic heterocycles. The van der Waals surface area contributed by atoms with E-state index in [0.29, 0.717) is 0 Å². The van der Waals surface area contributed by atoms with Crippen LogP contribution in [0.4, 0.5) is 0 Å². The van der Waals surface area contributed by atoms with Gasteiger partial charge in [0.05, 0.1) is 27.8 Å². The number of Topliss-reactive ketones (excluding diaryl/α,β-unsaturated/α-hetero) is 1. The molecule has 8 heteroatoms. The summed E-state index contributed by atoms with van der Waals surface area (Å²) in [6, 6.07) is 12.1. The van der Waals surface area contributed by atoms with Crippen LogP contribution < -0.4 is 16.3 Å². The number of aromatic nitrogens is 5. The standard InChI is InChI=1S/C26H22N6OS/c1-3-21-20(9-16(11-27)17-12-30-31-13-17)26(29-14-28-21)23-10-19-18(5-4-6-22(19)32-23)25-8-7-24(34-25)15(2)33/h3-14,32H,27H2,1-2H3,(H,30,31)/b16-11+,20-9+,21-3-. The van der Waals surface area contributed by atoms with Crippen LogP contribution in [0.2, 0.25) is 0 Å². The lowest BCUT2D eigenvalue weighted by molar-refractivity contribution is 0.102. The maximum atomic E-state index is 11.8. The first-order chi connectivity index (χ1) is 16.6. The highest BCUT2D eigenvalue weighted by Crippen LogP contribution is 2.35. The smallest absolute Gasteiger partial charge is 0.169 e. The third kappa shape index (κ3) is 3.84. The van der Waals surface area contributed by atoms with Crippen molar-refractivity contribution in [1.82, 2.24) is 25.1 Å². The SMILES string of the molecule is C\C=c1/ncnc(-c2cc3c(-c4ccc(C(C)=O)s4)cccc3[nH]2)/c1=C/C(=C\N)c1cn[nH]c1. The van der Waals surface area contributed by atoms with Crippen molar-refractivity contribution in [1.29, 1.82) is 0 Å². The van der Waals surface area contributed by atoms with Crippen LogP contribution in [0.1, 0.15) is 29.1 Å². The van der Waals surface area contributed by atoms with E-state index in [1.165, 1.54) is 11.3 Å². The minimum atomic E-state index is 0.0732. The molecular weight excluding hydrogens is 444 g/mol. The molecular formula is C26H22N6OS. The van der Waals surface area contributed by atoms with Crippen molar-refractivity contribution in [3.63, 3.8) is 0 Å². The number of ketones is 1. The number of benzene rings is 1. The van der Waals surface area contributed by atoms with Gasteiger partial charge in [-0.2, -0.15) is 5.10 Å². The second kappa shape index (κ2) is 8.92. The lowest BCUT2D eigenvalue weighted by Gasteiger charge is -2.02. The highest BCUT2D eigenvalue weighted by Gasteiger charge is 2.14. The number of hydrogen-bond donors (Lipinski definition) is 3. The van der Waals surface area contributed by atoms with Crippen LogP contribution >= 0.6 is 11.3 Å². The second-order valence-electron chi connectivity index (χ2n) is 7.73. The van der Waals surface area contributed by atoms with Gasteiger partial charge in [0, 0.05) is 50.1 Å². The summed E-state index contributed by atoms with van der Waals surface area (Å²) >= 11 is 1.50. The maximum Gasteiger partial charge on any atom is 0.169 e. The summed E-state index contributed by atoms with van der Waals surface area (Å²) in [5, 5.41) is 9.57. The minimum absolute atomic E-state index is 0.0732. The lowest BCUT2D eigenvalue weighted by Crippen LogP contribution is -2.31. The number of nitrogens with two attached hydrogens (primary N) is 1. The Kier molecular flexibility index (Phi) is 5.65. The van der Waals surface area contributed by atoms with Crippen LogP contribution in [-0.2, 0) is 0 Å². The van der Waals surface area contributed by atoms with E-state index in [1.807, 2.05) is 43.3 Å². The van der Waals surface area contributed by atoms with E-state index < -0.39 is 0 Å². The van der Waals surface area contributed by atoms with Gasteiger partial charge in [0.15, 0.2) is 5.78 Å². The average molecular weight is 467 g/mol. The van der Waals surface area contributed by atoms with Crippen LogP contribution in [0.15, 0.2) is 61.3 Å². The molecule has 1 aromatic carbocycles. The fourth-order valence-corrected chi connectivity index (χ4v) is 4.90. The first kappa shape index (κ1) is 21.5. The molecule has 5 aromatic rings. The summed E-state index contributed by atoms with van der Waals surface area (Å²) in [7, 11) is 0. The van der Waals surface area contributed by atoms with E-state index in [0.717, 1.165) is 59.3 Å². The van der Waals surface area contributed by atoms with Crippen molar-refractivity contribution in [2.24, 2.45) is 5.73 Å². The molecule has 0 atom stereocenters. The summed E-state index contributed by atoms with van der Waals surface area (Å²) in [6.45, 7) is 3.54. The molecule has 168 valence electrons. The lowest BCUT2D eigenvalue weighted by atomic mass is 10.1. The number of aromatic amines is 2. The van der Waals surface area contributed by atoms with Gasteiger partial charge in [-0.15, -0.1) is 11.3 Å². The third-order valence-corrected chi connectivity index (χ3v) is 6.86. The van der Waals surface area contributed by atoms with E-state index >= 15 is 0 Å². The number of thiophene rings is 1. The van der Waals surface area contributed by atoms with E-state index in [-0.39, 0.29) is 5.78 Å². The van der Waals surface area contributed by atoms with Gasteiger partial charge in [0.25, 0.3) is 0 Å². The first-order valence-corrected chi connectivity index (χ1v) is 11.5. The predicted molar refractivity (Wildman–Crippen MR) is 137 cm³/mol. The highest BCUT2D eigenvalue weighted by molar-refractivity contribution is 7.17. The Balaban J connectivity index is 1.71. The van der Waals surface area contributed by atoms with Gasteiger partial charge in [-0.3, -0.25) is 9.89 Å². The molecule has 0 saturated carbocycles. The molecule has 0 radical (unpaired) electrons. The van der Waals surface area contributed by atoms with Crippen molar-refractivity contribution in [3.05, 3.63) is 82.3 Å². The van der Waals surface area contributed by atoms with Gasteiger partial charge in [0.1, 0.15) is 6.33 Å². The Bertz CT molecular complexity index is 1660. The zero-order valence-corrected chi connectivity index (χ0v) is 19.5. The molecule has 0 aliphatic carbocycles. The van der Waals surface area contributed by atoms with Crippen LogP contribution in [0, 0.1) is 0 Å². The van der Waals surface area contributed by atoms with Crippen LogP contribution in [0.25, 0.3) is 50.5 Å². The molecule has 0 amide bonds. The zero-order chi connectivity index (χ0) is 23.7. The minimum Gasteiger partial charge on any atom is -0.404 e. The van der Waals surface area contributed by atoms with Gasteiger partial charge in [0.2, 0.25) is 0 Å². The average Bonchev–Trinajstić information content (AvgIpc) is 3.62. The summed E-state index contributed by atoms with van der Waals surface area (Å²) in [5.41, 5.74) is 11.3. The summed E-state index contributed by atoms with van der Waals surface area (Å²) in [4.78, 5) is 26.2. The summed E-state index contributed by atoms with van der Waals surface area (Å²) in [5.74, 6) is 0.0732. The summed E-state index contributed by atoms with van der Waals surface area (Å²) in [6.07, 6.45) is 10.5. The Morgan fingerprint density at radius 2 is 2.06 bits per heavy atom. The van der Waals surface area contributed by atoms with Crippen molar-refractivity contribution in [3.8, 4) is 21.8 Å². The highest BCUT2D eigenvalue weighted by atomic mass is 32.1. The number of nitrogens with one attached hydrogen (secondary N) is 2. The summed E-state index contributed by atoms with van der Waals surface area (Å²) < 4.78 is 0. The van der Waals surface area contributed by atoms with E-state index in [2.05, 4.69) is 37.3 Å². The van der Waals surface area contributed by atoms with Crippen molar-refractivity contribution in [2.75, 3.05) is 0 Å². The Morgan fingerprint density at radius 1 is 1.18 bits per heavy atom. The molecule has 4 heterocycles. The van der Waals surface area contributed by atoms with Crippen molar-refractivity contribution < 1.29 is 4.79 Å². The fraction of sp³-hybridized carbons (Fsp3) is 0.0769. The van der Waals surface area contributed by atoms with Crippen molar-refractivity contribution >= 4 is 45.7 Å². The van der Waals surface area contributed by atoms with E-state index in [9.17, 15) is 4.79 Å². The second-order valence-corrected chi connectivity index (χ2v) is 8.82. The predicted octanol–water partition coefficient (Wildman–Crippen LogP) is 3.86. The van der Waals surface area contributed by atoms with E-state index in [4.69, 9.17) is 5.73 Å². The molecule has 4 aromatic heterocycles. The third-order valence-electron chi connectivity index (χ3n) is 5.64. The number of nitrogens with zero attached hydrogens (tertiary/aromatic N) is 3. The fourth-order valence-electron chi connectivity index (χ4n) is 3.96. The Hall–Kier alpha value is -4.30. The molecule has 0 spiro atoms. The number of rotatable bonds is 5. The van der Waals surface area contributed by atoms with Gasteiger partial charge >= 0.3 is 0 Å². The van der Waals surface area contributed by atoms with Gasteiger partial charge < -0.3 is 10.7 Å². The number of allylic oxidation sites excluding steroid dienone is 1. The number of fused-ring (bicyclic) bond motifs is 1. The van der Waals surface area contributed by atoms with Gasteiger partial charge in [-0.05, 0) is 44.2 Å². The van der Waals surface area contributed by atoms with E-state index in [1.54, 1.807) is 31.8 Å². The number of carbonyl (C=O) groups excluding carboxylic acids is 1. The van der Waals surface area contributed by atoms with Gasteiger partial charge in [-0.25, -0.2) is 9.97 Å². The molecule has 5 rings (SSSR count). The topological polar surface area (TPSA) is 113 Å². The monoisotopic (exact) mass is 466 g/mol. The Morgan fingerprint density at radius 3 is 2.76 bits per heavy atom. The number of H-pyrrole nitrogens is 2. The molecule has 0 aliphatic rings. The quantitative estimate of drug-likeness (QED) is 0.341. The molecule has 0 fully saturated rings. The van der Waals surface area contributed by atoms with Crippen molar-refractivity contribution in [2.45, 2.75) is 13.8 Å². The van der Waals surface area contributed by atoms with Crippen LogP contribution in [0.5, 0.6) is 0 Å². The number of hydrogen-bond acceptors (Lipinski definition) is 6. The molecule has 0 bridgehead atoms. The molecule has 4 N–H and O–H groups in total.